The molecule has 1 heterocycles. The molecular weight excluding hydrogens is 493 g/mol. The van der Waals surface area contributed by atoms with Crippen LogP contribution in [0.25, 0.3) is 6.08 Å². The molecule has 34 heavy (non-hydrogen) atoms. The maximum absolute atomic E-state index is 12.7. The highest BCUT2D eigenvalue weighted by atomic mass is 35.5. The van der Waals surface area contributed by atoms with Gasteiger partial charge < -0.3 is 9.47 Å². The number of thioether (sulfide) groups is 1. The topological polar surface area (TPSA) is 55.8 Å². The van der Waals surface area contributed by atoms with Crippen molar-refractivity contribution in [1.29, 1.82) is 0 Å². The van der Waals surface area contributed by atoms with Crippen molar-refractivity contribution in [2.24, 2.45) is 0 Å². The molecule has 0 radical (unpaired) electrons. The number of nitrogens with zero attached hydrogens (tertiary/aromatic N) is 1. The number of hydrogen-bond donors (Lipinski definition) is 0. The fourth-order valence-corrected chi connectivity index (χ4v) is 4.66. The molecule has 4 rings (SSSR count). The number of aryl methyl sites for hydroxylation is 1. The summed E-state index contributed by atoms with van der Waals surface area (Å²) in [5, 5.41) is 0.786. The quantitative estimate of drug-likeness (QED) is 0.303. The lowest BCUT2D eigenvalue weighted by atomic mass is 10.2. The van der Waals surface area contributed by atoms with Crippen molar-refractivity contribution >= 4 is 52.2 Å². The average Bonchev–Trinajstić information content (AvgIpc) is 3.07. The summed E-state index contributed by atoms with van der Waals surface area (Å²) in [4.78, 5) is 26.6. The molecule has 174 valence electrons. The predicted molar refractivity (Wildman–Crippen MR) is 137 cm³/mol. The van der Waals surface area contributed by atoms with E-state index in [9.17, 15) is 9.59 Å². The summed E-state index contributed by atoms with van der Waals surface area (Å²) in [7, 11) is 0. The molecule has 5 nitrogen and oxygen atoms in total. The number of benzene rings is 3. The van der Waals surface area contributed by atoms with Gasteiger partial charge in [0.25, 0.3) is 11.1 Å². The van der Waals surface area contributed by atoms with E-state index in [2.05, 4.69) is 0 Å². The van der Waals surface area contributed by atoms with E-state index in [0.717, 1.165) is 28.5 Å². The van der Waals surface area contributed by atoms with Crippen molar-refractivity contribution in [3.05, 3.63) is 98.4 Å². The molecule has 2 amide bonds. The molecule has 0 saturated carbocycles. The lowest BCUT2D eigenvalue weighted by Crippen LogP contribution is -2.32. The van der Waals surface area contributed by atoms with E-state index in [4.69, 9.17) is 32.7 Å². The van der Waals surface area contributed by atoms with Crippen LogP contribution < -0.4 is 9.47 Å². The molecule has 0 N–H and O–H groups in total. The maximum atomic E-state index is 12.7. The Morgan fingerprint density at radius 1 is 0.912 bits per heavy atom. The number of halogens is 2. The van der Waals surface area contributed by atoms with Crippen LogP contribution in [0.2, 0.25) is 10.0 Å². The van der Waals surface area contributed by atoms with Gasteiger partial charge in [-0.2, -0.15) is 0 Å². The SMILES string of the molecule is Cc1cccc(OCCN2C(=O)S/C(=C\c3ccc(OCc4c(Cl)cccc4Cl)cc3)C2=O)c1. The molecule has 0 unspecified atom stereocenters. The zero-order valence-electron chi connectivity index (χ0n) is 18.3. The Kier molecular flexibility index (Phi) is 7.83. The van der Waals surface area contributed by atoms with Gasteiger partial charge in [0.1, 0.15) is 24.7 Å². The van der Waals surface area contributed by atoms with Crippen LogP contribution in [0.1, 0.15) is 16.7 Å². The number of carbonyl (C=O) groups excluding carboxylic acids is 2. The molecule has 0 aliphatic carbocycles. The number of hydrogen-bond acceptors (Lipinski definition) is 5. The van der Waals surface area contributed by atoms with Crippen LogP contribution >= 0.6 is 35.0 Å². The number of amides is 2. The van der Waals surface area contributed by atoms with Crippen LogP contribution in [0.4, 0.5) is 4.79 Å². The second kappa shape index (κ2) is 11.0. The summed E-state index contributed by atoms with van der Waals surface area (Å²) in [6.45, 7) is 2.63. The lowest BCUT2D eigenvalue weighted by Gasteiger charge is -2.13. The Hall–Kier alpha value is -2.93. The van der Waals surface area contributed by atoms with Gasteiger partial charge in [0, 0.05) is 15.6 Å². The van der Waals surface area contributed by atoms with Gasteiger partial charge in [0.15, 0.2) is 0 Å². The molecular formula is C26H21Cl2NO4S. The summed E-state index contributed by atoms with van der Waals surface area (Å²) in [6, 6.07) is 20.1. The van der Waals surface area contributed by atoms with E-state index < -0.39 is 0 Å². The van der Waals surface area contributed by atoms with Crippen LogP contribution in [0.3, 0.4) is 0 Å². The minimum Gasteiger partial charge on any atom is -0.492 e. The number of rotatable bonds is 8. The Balaban J connectivity index is 1.34. The van der Waals surface area contributed by atoms with Gasteiger partial charge >= 0.3 is 0 Å². The first-order valence-corrected chi connectivity index (χ1v) is 12.1. The fourth-order valence-electron chi connectivity index (χ4n) is 3.29. The number of ether oxygens (including phenoxy) is 2. The minimum absolute atomic E-state index is 0.188. The summed E-state index contributed by atoms with van der Waals surface area (Å²) >= 11 is 13.3. The van der Waals surface area contributed by atoms with E-state index in [0.29, 0.717) is 26.4 Å². The first-order valence-electron chi connectivity index (χ1n) is 10.5. The molecule has 1 fully saturated rings. The lowest BCUT2D eigenvalue weighted by molar-refractivity contribution is -0.123. The van der Waals surface area contributed by atoms with E-state index in [1.807, 2.05) is 43.3 Å². The molecule has 1 aliphatic heterocycles. The smallest absolute Gasteiger partial charge is 0.293 e. The molecule has 8 heteroatoms. The van der Waals surface area contributed by atoms with E-state index in [-0.39, 0.29) is 30.9 Å². The first kappa shape index (κ1) is 24.2. The zero-order chi connectivity index (χ0) is 24.1. The summed E-state index contributed by atoms with van der Waals surface area (Å²) in [5.41, 5.74) is 2.58. The largest absolute Gasteiger partial charge is 0.492 e. The van der Waals surface area contributed by atoms with E-state index in [1.54, 1.807) is 36.4 Å². The number of carbonyl (C=O) groups is 2. The average molecular weight is 514 g/mol. The van der Waals surface area contributed by atoms with Gasteiger partial charge in [-0.25, -0.2) is 0 Å². The zero-order valence-corrected chi connectivity index (χ0v) is 20.6. The second-order valence-electron chi connectivity index (χ2n) is 7.56. The maximum Gasteiger partial charge on any atom is 0.293 e. The van der Waals surface area contributed by atoms with Gasteiger partial charge in [0.2, 0.25) is 0 Å². The molecule has 1 saturated heterocycles. The summed E-state index contributed by atoms with van der Waals surface area (Å²) in [5.74, 6) is 1.02. The van der Waals surface area contributed by atoms with Gasteiger partial charge in [-0.1, -0.05) is 53.5 Å². The van der Waals surface area contributed by atoms with Crippen LogP contribution in [-0.2, 0) is 11.4 Å². The third-order valence-corrected chi connectivity index (χ3v) is 6.69. The van der Waals surface area contributed by atoms with Gasteiger partial charge in [-0.3, -0.25) is 14.5 Å². The second-order valence-corrected chi connectivity index (χ2v) is 9.36. The highest BCUT2D eigenvalue weighted by molar-refractivity contribution is 8.18. The molecule has 3 aromatic rings. The first-order chi connectivity index (χ1) is 16.4. The Morgan fingerprint density at radius 2 is 1.62 bits per heavy atom. The van der Waals surface area contributed by atoms with Crippen LogP contribution in [0.15, 0.2) is 71.6 Å². The number of imide groups is 1. The minimum atomic E-state index is -0.323. The molecule has 0 bridgehead atoms. The molecule has 3 aromatic carbocycles. The highest BCUT2D eigenvalue weighted by Crippen LogP contribution is 2.32. The van der Waals surface area contributed by atoms with Crippen molar-refractivity contribution < 1.29 is 19.1 Å². The van der Waals surface area contributed by atoms with Gasteiger partial charge in [-0.05, 0) is 72.3 Å². The van der Waals surface area contributed by atoms with Crippen molar-refractivity contribution in [2.75, 3.05) is 13.2 Å². The fraction of sp³-hybridized carbons (Fsp3) is 0.154. The summed E-state index contributed by atoms with van der Waals surface area (Å²) in [6.07, 6.45) is 1.70. The molecule has 0 spiro atoms. The Bertz CT molecular complexity index is 1220. The van der Waals surface area contributed by atoms with Crippen molar-refractivity contribution in [3.63, 3.8) is 0 Å². The van der Waals surface area contributed by atoms with Gasteiger partial charge in [-0.15, -0.1) is 0 Å². The molecule has 0 atom stereocenters. The summed E-state index contributed by atoms with van der Waals surface area (Å²) < 4.78 is 11.5. The van der Waals surface area contributed by atoms with Crippen molar-refractivity contribution in [1.82, 2.24) is 4.90 Å². The molecule has 0 aromatic heterocycles. The van der Waals surface area contributed by atoms with Crippen LogP contribution in [0.5, 0.6) is 11.5 Å². The third-order valence-electron chi connectivity index (χ3n) is 5.07. The van der Waals surface area contributed by atoms with E-state index >= 15 is 0 Å². The van der Waals surface area contributed by atoms with Crippen LogP contribution in [-0.4, -0.2) is 29.2 Å². The Labute approximate surface area is 212 Å². The van der Waals surface area contributed by atoms with Gasteiger partial charge in [0.05, 0.1) is 11.4 Å². The monoisotopic (exact) mass is 513 g/mol. The standard InChI is InChI=1S/C26H21Cl2NO4S/c1-17-4-2-5-20(14-17)32-13-12-29-25(30)24(34-26(29)31)15-18-8-10-19(11-9-18)33-16-21-22(27)6-3-7-23(21)28/h2-11,14-15H,12-13,16H2,1H3/b24-15-. The predicted octanol–water partition coefficient (Wildman–Crippen LogP) is 7.00. The Morgan fingerprint density at radius 3 is 2.32 bits per heavy atom. The van der Waals surface area contributed by atoms with E-state index in [1.165, 1.54) is 4.90 Å². The molecule has 1 aliphatic rings. The highest BCUT2D eigenvalue weighted by Gasteiger charge is 2.34. The third kappa shape index (κ3) is 5.95. The normalized spacial score (nSPS) is 14.7. The van der Waals surface area contributed by atoms with Crippen molar-refractivity contribution in [2.45, 2.75) is 13.5 Å². The van der Waals surface area contributed by atoms with Crippen molar-refractivity contribution in [3.8, 4) is 11.5 Å². The van der Waals surface area contributed by atoms with Crippen LogP contribution in [0, 0.1) is 6.92 Å².